The number of hydrogen-bond acceptors (Lipinski definition) is 7. The van der Waals surface area contributed by atoms with E-state index in [1.807, 2.05) is 6.92 Å². The van der Waals surface area contributed by atoms with Gasteiger partial charge in [-0.05, 0) is 25.5 Å². The summed E-state index contributed by atoms with van der Waals surface area (Å²) in [5, 5.41) is 14.3. The second-order valence-corrected chi connectivity index (χ2v) is 7.41. The average molecular weight is 415 g/mol. The minimum atomic E-state index is -1.18. The van der Waals surface area contributed by atoms with Gasteiger partial charge in [0.25, 0.3) is 0 Å². The number of carbonyl (C=O) groups is 2. The highest BCUT2D eigenvalue weighted by molar-refractivity contribution is 7.98. The summed E-state index contributed by atoms with van der Waals surface area (Å²) in [6.45, 7) is 2.31. The fourth-order valence-electron chi connectivity index (χ4n) is 3.25. The van der Waals surface area contributed by atoms with Crippen molar-refractivity contribution < 1.29 is 19.1 Å². The molecule has 0 unspecified atom stereocenters. The largest absolute Gasteiger partial charge is 0.465 e. The van der Waals surface area contributed by atoms with E-state index in [-0.39, 0.29) is 18.2 Å². The van der Waals surface area contributed by atoms with Crippen LogP contribution in [0.4, 0.5) is 20.8 Å². The van der Waals surface area contributed by atoms with Crippen LogP contribution in [-0.2, 0) is 4.79 Å². The molecule has 0 saturated heterocycles. The molecule has 28 heavy (non-hydrogen) atoms. The van der Waals surface area contributed by atoms with E-state index in [4.69, 9.17) is 5.11 Å². The highest BCUT2D eigenvalue weighted by Gasteiger charge is 2.26. The first kappa shape index (κ1) is 22.0. The fraction of sp³-hybridized carbons (Fsp3) is 0.647. The Morgan fingerprint density at radius 1 is 1.29 bits per heavy atom. The van der Waals surface area contributed by atoms with Crippen LogP contribution in [0.5, 0.6) is 0 Å². The molecule has 0 bridgehead atoms. The maximum atomic E-state index is 14.5. The molecule has 1 atom stereocenters. The number of carbonyl (C=O) groups excluding carboxylic acids is 1. The number of nitrogens with one attached hydrogen (secondary N) is 4. The molecule has 5 N–H and O–H groups in total. The summed E-state index contributed by atoms with van der Waals surface area (Å²) in [6.07, 6.45) is 5.49. The molecule has 2 amide bonds. The van der Waals surface area contributed by atoms with Crippen molar-refractivity contribution in [2.75, 3.05) is 30.1 Å². The molecule has 156 valence electrons. The van der Waals surface area contributed by atoms with E-state index in [2.05, 4.69) is 31.5 Å². The molecule has 0 aliphatic heterocycles. The summed E-state index contributed by atoms with van der Waals surface area (Å²) in [4.78, 5) is 31.5. The molecule has 1 heterocycles. The van der Waals surface area contributed by atoms with E-state index >= 15 is 0 Å². The molecule has 11 heteroatoms. The van der Waals surface area contributed by atoms with Gasteiger partial charge in [0, 0.05) is 13.1 Å². The summed E-state index contributed by atoms with van der Waals surface area (Å²) >= 11 is 1.25. The van der Waals surface area contributed by atoms with Gasteiger partial charge >= 0.3 is 6.09 Å². The maximum Gasteiger partial charge on any atom is 0.404 e. The van der Waals surface area contributed by atoms with Gasteiger partial charge in [-0.25, -0.2) is 14.8 Å². The average Bonchev–Trinajstić information content (AvgIpc) is 3.18. The van der Waals surface area contributed by atoms with Gasteiger partial charge in [0.2, 0.25) is 11.7 Å². The number of thioether (sulfide) groups is 1. The number of amides is 2. The van der Waals surface area contributed by atoms with Gasteiger partial charge in [-0.2, -0.15) is 4.39 Å². The van der Waals surface area contributed by atoms with Crippen molar-refractivity contribution in [2.24, 2.45) is 11.8 Å². The van der Waals surface area contributed by atoms with Crippen molar-refractivity contribution >= 4 is 35.4 Å². The lowest BCUT2D eigenvalue weighted by molar-refractivity contribution is -0.124. The second kappa shape index (κ2) is 10.9. The van der Waals surface area contributed by atoms with Gasteiger partial charge in [0.05, 0.1) is 5.92 Å². The molecule has 1 aromatic rings. The van der Waals surface area contributed by atoms with E-state index in [1.54, 1.807) is 6.26 Å². The highest BCUT2D eigenvalue weighted by atomic mass is 32.2. The van der Waals surface area contributed by atoms with Crippen molar-refractivity contribution in [3.05, 3.63) is 5.82 Å². The first-order chi connectivity index (χ1) is 13.4. The molecule has 2 rings (SSSR count). The van der Waals surface area contributed by atoms with Crippen LogP contribution in [0.3, 0.4) is 0 Å². The Morgan fingerprint density at radius 3 is 2.57 bits per heavy atom. The van der Waals surface area contributed by atoms with E-state index in [0.29, 0.717) is 24.0 Å². The third-order valence-electron chi connectivity index (χ3n) is 4.62. The van der Waals surface area contributed by atoms with Crippen molar-refractivity contribution in [3.8, 4) is 0 Å². The molecule has 1 aliphatic rings. The Kier molecular flexibility index (Phi) is 8.55. The predicted molar refractivity (Wildman–Crippen MR) is 106 cm³/mol. The molecule has 0 aromatic carbocycles. The summed E-state index contributed by atoms with van der Waals surface area (Å²) in [5.74, 6) is -1.36. The van der Waals surface area contributed by atoms with E-state index in [0.717, 1.165) is 25.7 Å². The number of anilines is 2. The predicted octanol–water partition coefficient (Wildman–Crippen LogP) is 2.68. The van der Waals surface area contributed by atoms with Gasteiger partial charge < -0.3 is 15.7 Å². The van der Waals surface area contributed by atoms with Crippen molar-refractivity contribution in [1.82, 2.24) is 20.7 Å². The lowest BCUT2D eigenvalue weighted by Gasteiger charge is -2.20. The number of aromatic nitrogens is 2. The minimum absolute atomic E-state index is 0.00427. The van der Waals surface area contributed by atoms with Gasteiger partial charge in [-0.3, -0.25) is 15.6 Å². The van der Waals surface area contributed by atoms with Crippen LogP contribution in [0.2, 0.25) is 0 Å². The highest BCUT2D eigenvalue weighted by Crippen LogP contribution is 2.30. The number of carboxylic acid groups (broad SMARTS) is 1. The van der Waals surface area contributed by atoms with Crippen molar-refractivity contribution in [1.29, 1.82) is 0 Å². The lowest BCUT2D eigenvalue weighted by Crippen LogP contribution is -2.41. The molecule has 0 radical (unpaired) electrons. The molecule has 1 aliphatic carbocycles. The van der Waals surface area contributed by atoms with E-state index in [1.165, 1.54) is 11.8 Å². The van der Waals surface area contributed by atoms with Crippen LogP contribution in [-0.4, -0.2) is 46.4 Å². The van der Waals surface area contributed by atoms with Crippen LogP contribution in [0.25, 0.3) is 0 Å². The number of rotatable bonds is 10. The quantitative estimate of drug-likeness (QED) is 0.225. The van der Waals surface area contributed by atoms with Crippen LogP contribution in [0, 0.1) is 17.7 Å². The molecule has 1 saturated carbocycles. The zero-order chi connectivity index (χ0) is 20.5. The monoisotopic (exact) mass is 414 g/mol. The number of hydrazine groups is 1. The molecule has 1 aromatic heterocycles. The minimum Gasteiger partial charge on any atom is -0.465 e. The standard InChI is InChI=1S/C17H27FN6O3S/c1-3-19-13-12(18)14(22-16(21-13)28-2)23-24-15(25)11(9-20-17(26)27)8-10-6-4-5-7-10/h10-11,20H,3-9H2,1-2H3,(H,24,25)(H,26,27)(H2,19,21,22,23)/t11-/m1/s1. The molecule has 9 nitrogen and oxygen atoms in total. The fourth-order valence-corrected chi connectivity index (χ4v) is 3.62. The Hall–Kier alpha value is -2.30. The Bertz CT molecular complexity index is 687. The first-order valence-electron chi connectivity index (χ1n) is 9.32. The second-order valence-electron chi connectivity index (χ2n) is 6.64. The van der Waals surface area contributed by atoms with E-state index < -0.39 is 23.7 Å². The normalized spacial score (nSPS) is 15.1. The molecular formula is C17H27FN6O3S. The van der Waals surface area contributed by atoms with Crippen LogP contribution < -0.4 is 21.5 Å². The van der Waals surface area contributed by atoms with Gasteiger partial charge in [-0.1, -0.05) is 37.4 Å². The SMILES string of the molecule is CCNc1nc(SC)nc(NNC(=O)[C@@H](CNC(=O)O)CC2CCCC2)c1F. The zero-order valence-corrected chi connectivity index (χ0v) is 16.9. The van der Waals surface area contributed by atoms with Crippen molar-refractivity contribution in [3.63, 3.8) is 0 Å². The van der Waals surface area contributed by atoms with Crippen LogP contribution in [0.15, 0.2) is 5.16 Å². The van der Waals surface area contributed by atoms with Crippen LogP contribution >= 0.6 is 11.8 Å². The Balaban J connectivity index is 2.05. The number of halogens is 1. The smallest absolute Gasteiger partial charge is 0.404 e. The van der Waals surface area contributed by atoms with Crippen molar-refractivity contribution in [2.45, 2.75) is 44.2 Å². The van der Waals surface area contributed by atoms with Gasteiger partial charge in [0.1, 0.15) is 0 Å². The third-order valence-corrected chi connectivity index (χ3v) is 5.17. The zero-order valence-electron chi connectivity index (χ0n) is 16.0. The first-order valence-corrected chi connectivity index (χ1v) is 10.5. The molecule has 0 spiro atoms. The molecule has 1 fully saturated rings. The summed E-state index contributed by atoms with van der Waals surface area (Å²) in [6, 6.07) is 0. The summed E-state index contributed by atoms with van der Waals surface area (Å²) < 4.78 is 14.5. The topological polar surface area (TPSA) is 128 Å². The number of nitrogens with zero attached hydrogens (tertiary/aromatic N) is 2. The third kappa shape index (κ3) is 6.39. The Labute approximate surface area is 167 Å². The molecular weight excluding hydrogens is 387 g/mol. The van der Waals surface area contributed by atoms with Gasteiger partial charge in [0.15, 0.2) is 16.8 Å². The lowest BCUT2D eigenvalue weighted by atomic mass is 9.92. The summed E-state index contributed by atoms with van der Waals surface area (Å²) in [5.41, 5.74) is 4.99. The number of hydrogen-bond donors (Lipinski definition) is 5. The Morgan fingerprint density at radius 2 is 1.96 bits per heavy atom. The van der Waals surface area contributed by atoms with Gasteiger partial charge in [-0.15, -0.1) is 0 Å². The van der Waals surface area contributed by atoms with Crippen LogP contribution in [0.1, 0.15) is 39.0 Å². The summed E-state index contributed by atoms with van der Waals surface area (Å²) in [7, 11) is 0. The van der Waals surface area contributed by atoms with E-state index in [9.17, 15) is 14.0 Å². The maximum absolute atomic E-state index is 14.5.